The highest BCUT2D eigenvalue weighted by Gasteiger charge is 2.49. The Morgan fingerprint density at radius 3 is 1.84 bits per heavy atom. The number of hydrogen-bond acceptors (Lipinski definition) is 5. The number of aliphatic hydroxyl groups is 1. The van der Waals surface area contributed by atoms with Gasteiger partial charge in [-0.3, -0.25) is 9.59 Å². The number of aliphatic carboxylic acids is 1. The molecular weight excluding hydrogens is 250 g/mol. The fourth-order valence-corrected chi connectivity index (χ4v) is 1.49. The Morgan fingerprint density at radius 2 is 1.58 bits per heavy atom. The van der Waals surface area contributed by atoms with E-state index in [9.17, 15) is 14.7 Å². The van der Waals surface area contributed by atoms with Crippen LogP contribution in [0, 0.1) is 11.3 Å². The fourth-order valence-electron chi connectivity index (χ4n) is 1.49. The van der Waals surface area contributed by atoms with Gasteiger partial charge in [-0.2, -0.15) is 0 Å². The first-order valence-corrected chi connectivity index (χ1v) is 6.14. The molecule has 0 fully saturated rings. The molecule has 0 saturated heterocycles. The zero-order chi connectivity index (χ0) is 15.6. The molecule has 0 rings (SSSR count). The number of carbonyl (C=O) groups excluding carboxylic acids is 1. The first-order valence-electron chi connectivity index (χ1n) is 6.14. The maximum absolute atomic E-state index is 12.1. The summed E-state index contributed by atoms with van der Waals surface area (Å²) in [6.07, 6.45) is -0.584. The molecule has 112 valence electrons. The van der Waals surface area contributed by atoms with Crippen molar-refractivity contribution in [3.8, 4) is 0 Å². The number of carboxylic acid groups (broad SMARTS) is 1. The quantitative estimate of drug-likeness (QED) is 0.523. The van der Waals surface area contributed by atoms with Crippen molar-refractivity contribution in [2.24, 2.45) is 17.1 Å². The van der Waals surface area contributed by atoms with Crippen LogP contribution in [0.2, 0.25) is 0 Å². The van der Waals surface area contributed by atoms with Crippen molar-refractivity contribution < 1.29 is 24.5 Å². The number of hydrogen-bond donors (Lipinski definition) is 3. The van der Waals surface area contributed by atoms with Gasteiger partial charge in [0.2, 0.25) is 0 Å². The van der Waals surface area contributed by atoms with Crippen molar-refractivity contribution in [1.29, 1.82) is 0 Å². The molecule has 6 heteroatoms. The number of nitrogens with two attached hydrogens (primary N) is 1. The summed E-state index contributed by atoms with van der Waals surface area (Å²) in [5, 5.41) is 19.2. The Balaban J connectivity index is 5.34. The average molecular weight is 275 g/mol. The normalized spacial score (nSPS) is 17.5. The van der Waals surface area contributed by atoms with E-state index in [1.165, 1.54) is 0 Å². The van der Waals surface area contributed by atoms with Crippen LogP contribution in [0.25, 0.3) is 0 Å². The van der Waals surface area contributed by atoms with Crippen LogP contribution < -0.4 is 5.73 Å². The van der Waals surface area contributed by atoms with Crippen LogP contribution in [0.5, 0.6) is 0 Å². The first-order chi connectivity index (χ1) is 8.18. The Morgan fingerprint density at radius 1 is 1.16 bits per heavy atom. The van der Waals surface area contributed by atoms with Gasteiger partial charge in [-0.1, -0.05) is 20.8 Å². The number of ether oxygens (including phenoxy) is 1. The molecular formula is C13H25NO5. The van der Waals surface area contributed by atoms with E-state index in [-0.39, 0.29) is 0 Å². The molecule has 4 N–H and O–H groups in total. The summed E-state index contributed by atoms with van der Waals surface area (Å²) < 4.78 is 5.14. The minimum atomic E-state index is -1.98. The fraction of sp³-hybridized carbons (Fsp3) is 0.846. The van der Waals surface area contributed by atoms with E-state index in [1.807, 2.05) is 0 Å². The van der Waals surface area contributed by atoms with Gasteiger partial charge in [0.05, 0.1) is 6.42 Å². The van der Waals surface area contributed by atoms with Gasteiger partial charge in [0.1, 0.15) is 17.2 Å². The van der Waals surface area contributed by atoms with E-state index in [4.69, 9.17) is 15.6 Å². The minimum absolute atomic E-state index is 0.584. The molecule has 19 heavy (non-hydrogen) atoms. The van der Waals surface area contributed by atoms with Gasteiger partial charge in [-0.15, -0.1) is 0 Å². The highest BCUT2D eigenvalue weighted by molar-refractivity contribution is 5.80. The molecule has 0 heterocycles. The lowest BCUT2D eigenvalue weighted by atomic mass is 9.74. The summed E-state index contributed by atoms with van der Waals surface area (Å²) in [5.74, 6) is -3.36. The van der Waals surface area contributed by atoms with Crippen LogP contribution >= 0.6 is 0 Å². The molecule has 0 aliphatic heterocycles. The summed E-state index contributed by atoms with van der Waals surface area (Å²) in [7, 11) is 0. The topological polar surface area (TPSA) is 110 Å². The van der Waals surface area contributed by atoms with Crippen molar-refractivity contribution in [2.75, 3.05) is 0 Å². The Labute approximate surface area is 113 Å². The maximum atomic E-state index is 12.1. The van der Waals surface area contributed by atoms with Crippen LogP contribution in [0.3, 0.4) is 0 Å². The number of rotatable bonds is 4. The van der Waals surface area contributed by atoms with E-state index in [1.54, 1.807) is 41.5 Å². The highest BCUT2D eigenvalue weighted by Crippen LogP contribution is 2.35. The van der Waals surface area contributed by atoms with Gasteiger partial charge in [0.25, 0.3) is 0 Å². The summed E-state index contributed by atoms with van der Waals surface area (Å²) >= 11 is 0. The third-order valence-corrected chi connectivity index (χ3v) is 2.80. The molecule has 0 radical (unpaired) electrons. The molecule has 0 spiro atoms. The summed E-state index contributed by atoms with van der Waals surface area (Å²) in [5.41, 5.74) is 2.17. The molecule has 0 amide bonds. The Hall–Kier alpha value is -1.14. The van der Waals surface area contributed by atoms with Crippen molar-refractivity contribution in [1.82, 2.24) is 0 Å². The second-order valence-electron chi connectivity index (χ2n) is 6.76. The summed E-state index contributed by atoms with van der Waals surface area (Å²) in [6.45, 7) is 9.88. The lowest BCUT2D eigenvalue weighted by Crippen LogP contribution is -2.60. The van der Waals surface area contributed by atoms with Crippen molar-refractivity contribution in [3.05, 3.63) is 0 Å². The number of esters is 1. The molecule has 6 nitrogen and oxygen atoms in total. The Bertz CT molecular complexity index is 349. The molecule has 2 unspecified atom stereocenters. The summed E-state index contributed by atoms with van der Waals surface area (Å²) in [4.78, 5) is 22.9. The zero-order valence-corrected chi connectivity index (χ0v) is 12.5. The van der Waals surface area contributed by atoms with Crippen LogP contribution in [-0.4, -0.2) is 33.5 Å². The second kappa shape index (κ2) is 5.46. The van der Waals surface area contributed by atoms with Gasteiger partial charge in [0.15, 0.2) is 0 Å². The Kier molecular flexibility index (Phi) is 5.14. The lowest BCUT2D eigenvalue weighted by molar-refractivity contribution is -0.183. The largest absolute Gasteiger partial charge is 0.481 e. The standard InChI is InChI=1S/C13H25NO5/c1-11(2,3)13(14,18)8(7-9(15)16)10(17)19-12(4,5)6/h8,18H,7,14H2,1-6H3,(H,15,16). The predicted molar refractivity (Wildman–Crippen MR) is 70.2 cm³/mol. The molecule has 0 aliphatic rings. The highest BCUT2D eigenvalue weighted by atomic mass is 16.6. The van der Waals surface area contributed by atoms with Gasteiger partial charge in [-0.05, 0) is 20.8 Å². The zero-order valence-electron chi connectivity index (χ0n) is 12.5. The molecule has 0 aliphatic carbocycles. The van der Waals surface area contributed by atoms with Crippen LogP contribution in [0.4, 0.5) is 0 Å². The van der Waals surface area contributed by atoms with Gasteiger partial charge < -0.3 is 20.7 Å². The molecule has 0 saturated carbocycles. The van der Waals surface area contributed by atoms with Crippen molar-refractivity contribution in [3.63, 3.8) is 0 Å². The number of carboxylic acids is 1. The molecule has 0 bridgehead atoms. The molecule has 0 aromatic heterocycles. The monoisotopic (exact) mass is 275 g/mol. The van der Waals surface area contributed by atoms with E-state index in [2.05, 4.69) is 0 Å². The van der Waals surface area contributed by atoms with E-state index >= 15 is 0 Å². The third-order valence-electron chi connectivity index (χ3n) is 2.80. The van der Waals surface area contributed by atoms with E-state index in [0.717, 1.165) is 0 Å². The average Bonchev–Trinajstić information content (AvgIpc) is 2.08. The number of carbonyl (C=O) groups is 2. The predicted octanol–water partition coefficient (Wildman–Crippen LogP) is 1.11. The van der Waals surface area contributed by atoms with Crippen molar-refractivity contribution in [2.45, 2.75) is 59.3 Å². The maximum Gasteiger partial charge on any atom is 0.314 e. The van der Waals surface area contributed by atoms with Crippen LogP contribution in [0.15, 0.2) is 0 Å². The van der Waals surface area contributed by atoms with Gasteiger partial charge in [-0.25, -0.2) is 0 Å². The smallest absolute Gasteiger partial charge is 0.314 e. The van der Waals surface area contributed by atoms with Crippen LogP contribution in [-0.2, 0) is 14.3 Å². The second-order valence-corrected chi connectivity index (χ2v) is 6.76. The molecule has 0 aromatic carbocycles. The summed E-state index contributed by atoms with van der Waals surface area (Å²) in [6, 6.07) is 0. The first kappa shape index (κ1) is 17.9. The third kappa shape index (κ3) is 5.16. The molecule has 2 atom stereocenters. The van der Waals surface area contributed by atoms with E-state index in [0.29, 0.717) is 0 Å². The minimum Gasteiger partial charge on any atom is -0.481 e. The lowest BCUT2D eigenvalue weighted by Gasteiger charge is -2.41. The van der Waals surface area contributed by atoms with Crippen molar-refractivity contribution >= 4 is 11.9 Å². The van der Waals surface area contributed by atoms with Gasteiger partial charge in [0, 0.05) is 5.41 Å². The van der Waals surface area contributed by atoms with Gasteiger partial charge >= 0.3 is 11.9 Å². The van der Waals surface area contributed by atoms with Crippen LogP contribution in [0.1, 0.15) is 48.0 Å². The SMILES string of the molecule is CC(C)(C)OC(=O)C(CC(=O)O)C(N)(O)C(C)(C)C. The molecule has 0 aromatic rings. The van der Waals surface area contributed by atoms with E-state index < -0.39 is 41.0 Å².